The monoisotopic (exact) mass is 512 g/mol. The number of halogens is 2. The molecule has 4 aromatic rings. The fraction of sp³-hybridized carbons (Fsp3) is 0.115. The van der Waals surface area contributed by atoms with Gasteiger partial charge in [-0.2, -0.15) is 0 Å². The molecule has 3 aromatic carbocycles. The van der Waals surface area contributed by atoms with Crippen LogP contribution in [0.25, 0.3) is 16.8 Å². The summed E-state index contributed by atoms with van der Waals surface area (Å²) in [5, 5.41) is 3.78. The lowest BCUT2D eigenvalue weighted by Crippen LogP contribution is -2.13. The Hall–Kier alpha value is -3.06. The van der Waals surface area contributed by atoms with E-state index in [1.807, 2.05) is 60.9 Å². The molecule has 1 heterocycles. The molecule has 0 radical (unpaired) electrons. The van der Waals surface area contributed by atoms with E-state index in [1.165, 1.54) is 12.1 Å². The van der Waals surface area contributed by atoms with Crippen molar-refractivity contribution in [3.8, 4) is 16.8 Å². The van der Waals surface area contributed by atoms with Crippen LogP contribution in [0.4, 0.5) is 5.69 Å². The van der Waals surface area contributed by atoms with Crippen LogP contribution in [-0.4, -0.2) is 25.1 Å². The van der Waals surface area contributed by atoms with Crippen molar-refractivity contribution in [3.05, 3.63) is 99.8 Å². The van der Waals surface area contributed by atoms with Crippen molar-refractivity contribution in [1.82, 2.24) is 4.57 Å². The van der Waals surface area contributed by atoms with Gasteiger partial charge in [0.15, 0.2) is 9.84 Å². The summed E-state index contributed by atoms with van der Waals surface area (Å²) in [7, 11) is -3.31. The molecule has 0 saturated heterocycles. The van der Waals surface area contributed by atoms with Crippen LogP contribution in [0.15, 0.2) is 77.7 Å². The Morgan fingerprint density at radius 1 is 0.882 bits per heavy atom. The molecule has 0 atom stereocenters. The Morgan fingerprint density at radius 3 is 2.21 bits per heavy atom. The minimum Gasteiger partial charge on any atom is -0.322 e. The molecule has 1 amide bonds. The predicted octanol–water partition coefficient (Wildman–Crippen LogP) is 6.72. The Morgan fingerprint density at radius 2 is 1.53 bits per heavy atom. The van der Waals surface area contributed by atoms with E-state index in [9.17, 15) is 13.2 Å². The largest absolute Gasteiger partial charge is 0.322 e. The van der Waals surface area contributed by atoms with E-state index in [2.05, 4.69) is 5.32 Å². The van der Waals surface area contributed by atoms with Gasteiger partial charge in [-0.05, 0) is 56.3 Å². The molecule has 0 aliphatic heterocycles. The first-order valence-electron chi connectivity index (χ1n) is 10.4. The van der Waals surface area contributed by atoms with E-state index in [1.54, 1.807) is 18.2 Å². The quantitative estimate of drug-likeness (QED) is 0.322. The van der Waals surface area contributed by atoms with Crippen LogP contribution in [0, 0.1) is 13.8 Å². The van der Waals surface area contributed by atoms with Crippen LogP contribution >= 0.6 is 23.2 Å². The lowest BCUT2D eigenvalue weighted by molar-refractivity contribution is 0.102. The minimum atomic E-state index is -3.31. The second kappa shape index (κ2) is 9.29. The van der Waals surface area contributed by atoms with Crippen molar-refractivity contribution in [2.45, 2.75) is 18.7 Å². The van der Waals surface area contributed by atoms with Gasteiger partial charge >= 0.3 is 0 Å². The summed E-state index contributed by atoms with van der Waals surface area (Å²) in [6, 6.07) is 21.2. The number of benzene rings is 3. The summed E-state index contributed by atoms with van der Waals surface area (Å²) in [6.45, 7) is 3.81. The molecule has 0 bridgehead atoms. The summed E-state index contributed by atoms with van der Waals surface area (Å²) in [4.78, 5) is 13.3. The van der Waals surface area contributed by atoms with Crippen molar-refractivity contribution in [2.24, 2.45) is 0 Å². The summed E-state index contributed by atoms with van der Waals surface area (Å²) in [5.41, 5.74) is 5.21. The standard InChI is InChI=1S/C26H22Cl2N2O3S/c1-16-15-22(26(31)29-18-11-13-19(14-12-18)34(3,32)33)17(2)30(16)24-10-5-4-7-20(24)21-8-6-9-23(27)25(21)28/h4-15H,1-3H3,(H,29,31). The minimum absolute atomic E-state index is 0.194. The second-order valence-electron chi connectivity index (χ2n) is 7.99. The number of anilines is 1. The number of carbonyl (C=O) groups is 1. The van der Waals surface area contributed by atoms with Crippen molar-refractivity contribution < 1.29 is 13.2 Å². The molecule has 34 heavy (non-hydrogen) atoms. The Balaban J connectivity index is 1.72. The molecule has 1 aromatic heterocycles. The third-order valence-corrected chi connectivity index (χ3v) is 7.55. The normalized spacial score (nSPS) is 11.4. The zero-order valence-corrected chi connectivity index (χ0v) is 21.1. The van der Waals surface area contributed by atoms with Gasteiger partial charge in [0.1, 0.15) is 0 Å². The van der Waals surface area contributed by atoms with Crippen LogP contribution in [0.5, 0.6) is 0 Å². The highest BCUT2D eigenvalue weighted by molar-refractivity contribution is 7.90. The first-order chi connectivity index (χ1) is 16.1. The summed E-state index contributed by atoms with van der Waals surface area (Å²) < 4.78 is 25.4. The lowest BCUT2D eigenvalue weighted by Gasteiger charge is -2.16. The molecule has 0 aliphatic carbocycles. The van der Waals surface area contributed by atoms with Crippen LogP contribution in [0.2, 0.25) is 10.0 Å². The third kappa shape index (κ3) is 4.62. The van der Waals surface area contributed by atoms with E-state index in [0.29, 0.717) is 21.3 Å². The number of hydrogen-bond acceptors (Lipinski definition) is 3. The van der Waals surface area contributed by atoms with Crippen LogP contribution < -0.4 is 5.32 Å². The Kier molecular flexibility index (Phi) is 6.58. The van der Waals surface area contributed by atoms with Crippen molar-refractivity contribution >= 4 is 44.6 Å². The number of aromatic nitrogens is 1. The Labute approximate surface area is 208 Å². The molecule has 0 aliphatic rings. The maximum atomic E-state index is 13.1. The van der Waals surface area contributed by atoms with Crippen molar-refractivity contribution in [1.29, 1.82) is 0 Å². The topological polar surface area (TPSA) is 68.2 Å². The van der Waals surface area contributed by atoms with Crippen LogP contribution in [0.3, 0.4) is 0 Å². The number of sulfone groups is 1. The van der Waals surface area contributed by atoms with Gasteiger partial charge in [0.05, 0.1) is 26.2 Å². The second-order valence-corrected chi connectivity index (χ2v) is 10.8. The van der Waals surface area contributed by atoms with Crippen molar-refractivity contribution in [3.63, 3.8) is 0 Å². The first kappa shape index (κ1) is 24.1. The number of hydrogen-bond donors (Lipinski definition) is 1. The van der Waals surface area contributed by atoms with Gasteiger partial charge < -0.3 is 9.88 Å². The van der Waals surface area contributed by atoms with Gasteiger partial charge in [-0.3, -0.25) is 4.79 Å². The van der Waals surface area contributed by atoms with Crippen LogP contribution in [0.1, 0.15) is 21.7 Å². The molecular weight excluding hydrogens is 491 g/mol. The molecule has 0 unspecified atom stereocenters. The highest BCUT2D eigenvalue weighted by Gasteiger charge is 2.20. The fourth-order valence-electron chi connectivity index (χ4n) is 3.96. The Bertz CT molecular complexity index is 1510. The number of nitrogens with zero attached hydrogens (tertiary/aromatic N) is 1. The molecule has 5 nitrogen and oxygen atoms in total. The molecule has 4 rings (SSSR count). The van der Waals surface area contributed by atoms with Gasteiger partial charge in [-0.15, -0.1) is 0 Å². The highest BCUT2D eigenvalue weighted by Crippen LogP contribution is 2.37. The molecule has 0 fully saturated rings. The molecule has 0 spiro atoms. The SMILES string of the molecule is Cc1cc(C(=O)Nc2ccc(S(C)(=O)=O)cc2)c(C)n1-c1ccccc1-c1cccc(Cl)c1Cl. The average Bonchev–Trinajstić information content (AvgIpc) is 3.09. The summed E-state index contributed by atoms with van der Waals surface area (Å²) in [5.74, 6) is -0.287. The number of aryl methyl sites for hydroxylation is 1. The third-order valence-electron chi connectivity index (χ3n) is 5.60. The smallest absolute Gasteiger partial charge is 0.257 e. The van der Waals surface area contributed by atoms with E-state index in [4.69, 9.17) is 23.2 Å². The number of carbonyl (C=O) groups excluding carboxylic acids is 1. The van der Waals surface area contributed by atoms with Gasteiger partial charge in [0.25, 0.3) is 5.91 Å². The predicted molar refractivity (Wildman–Crippen MR) is 138 cm³/mol. The number of para-hydroxylation sites is 1. The number of amides is 1. The highest BCUT2D eigenvalue weighted by atomic mass is 35.5. The van der Waals surface area contributed by atoms with Gasteiger partial charge in [-0.1, -0.05) is 53.5 Å². The zero-order chi connectivity index (χ0) is 24.6. The zero-order valence-electron chi connectivity index (χ0n) is 18.8. The van der Waals surface area contributed by atoms with Gasteiger partial charge in [0, 0.05) is 34.5 Å². The lowest BCUT2D eigenvalue weighted by atomic mass is 10.0. The van der Waals surface area contributed by atoms with E-state index in [-0.39, 0.29) is 10.8 Å². The van der Waals surface area contributed by atoms with Crippen LogP contribution in [-0.2, 0) is 9.84 Å². The number of nitrogens with one attached hydrogen (secondary N) is 1. The molecule has 0 saturated carbocycles. The first-order valence-corrected chi connectivity index (χ1v) is 13.1. The van der Waals surface area contributed by atoms with E-state index < -0.39 is 9.84 Å². The van der Waals surface area contributed by atoms with E-state index >= 15 is 0 Å². The maximum absolute atomic E-state index is 13.1. The van der Waals surface area contributed by atoms with E-state index in [0.717, 1.165) is 34.5 Å². The van der Waals surface area contributed by atoms with Crippen molar-refractivity contribution in [2.75, 3.05) is 11.6 Å². The maximum Gasteiger partial charge on any atom is 0.257 e. The van der Waals surface area contributed by atoms with Gasteiger partial charge in [-0.25, -0.2) is 8.42 Å². The summed E-state index contributed by atoms with van der Waals surface area (Å²) in [6.07, 6.45) is 1.14. The molecule has 174 valence electrons. The average molecular weight is 513 g/mol. The summed E-state index contributed by atoms with van der Waals surface area (Å²) >= 11 is 12.8. The number of rotatable bonds is 5. The van der Waals surface area contributed by atoms with Gasteiger partial charge in [0.2, 0.25) is 0 Å². The fourth-order valence-corrected chi connectivity index (χ4v) is 4.99. The molecule has 1 N–H and O–H groups in total. The molecule has 8 heteroatoms. The molecular formula is C26H22Cl2N2O3S.